The lowest BCUT2D eigenvalue weighted by Gasteiger charge is -2.28. The number of fused-ring (bicyclic) bond motifs is 1. The van der Waals surface area contributed by atoms with Gasteiger partial charge in [-0.3, -0.25) is 0 Å². The van der Waals surface area contributed by atoms with E-state index in [1.165, 1.54) is 22.5 Å². The standard InChI is InChI=1S/C17H19FN2O4S2/c18-17-4-2-1-3-14(17)8-10-25(21,22)20-9-7-13-5-6-16(26(19,23)24)11-15(13)12-20/h1-6,11H,7-10,12H2,(H2,19,23,24). The van der Waals surface area contributed by atoms with Gasteiger partial charge >= 0.3 is 0 Å². The predicted octanol–water partition coefficient (Wildman–Crippen LogP) is 1.40. The quantitative estimate of drug-likeness (QED) is 0.823. The number of halogens is 1. The van der Waals surface area contributed by atoms with E-state index in [1.807, 2.05) is 0 Å². The molecule has 0 radical (unpaired) electrons. The van der Waals surface area contributed by atoms with Crippen molar-refractivity contribution < 1.29 is 21.2 Å². The summed E-state index contributed by atoms with van der Waals surface area (Å²) in [4.78, 5) is -0.0399. The van der Waals surface area contributed by atoms with Crippen molar-refractivity contribution in [2.24, 2.45) is 5.14 Å². The van der Waals surface area contributed by atoms with Crippen LogP contribution >= 0.6 is 0 Å². The minimum absolute atomic E-state index is 0.0399. The lowest BCUT2D eigenvalue weighted by atomic mass is 10.0. The molecule has 3 rings (SSSR count). The molecule has 0 bridgehead atoms. The third-order valence-corrected chi connectivity index (χ3v) is 7.19. The molecule has 0 saturated carbocycles. The molecule has 2 N–H and O–H groups in total. The number of benzene rings is 2. The number of primary sulfonamides is 1. The third-order valence-electron chi connectivity index (χ3n) is 4.46. The van der Waals surface area contributed by atoms with Crippen LogP contribution in [0.15, 0.2) is 47.4 Å². The molecule has 0 spiro atoms. The van der Waals surface area contributed by atoms with Gasteiger partial charge in [0, 0.05) is 13.1 Å². The van der Waals surface area contributed by atoms with Crippen LogP contribution in [0.4, 0.5) is 4.39 Å². The van der Waals surface area contributed by atoms with Crippen molar-refractivity contribution in [2.45, 2.75) is 24.3 Å². The first kappa shape index (κ1) is 19.0. The van der Waals surface area contributed by atoms with Gasteiger partial charge in [0.25, 0.3) is 0 Å². The Hall–Kier alpha value is -1.81. The maximum Gasteiger partial charge on any atom is 0.238 e. The van der Waals surface area contributed by atoms with E-state index in [-0.39, 0.29) is 23.6 Å². The van der Waals surface area contributed by atoms with Crippen molar-refractivity contribution in [3.8, 4) is 0 Å². The van der Waals surface area contributed by atoms with E-state index in [9.17, 15) is 21.2 Å². The van der Waals surface area contributed by atoms with Gasteiger partial charge in [0.1, 0.15) is 5.82 Å². The zero-order valence-electron chi connectivity index (χ0n) is 13.9. The van der Waals surface area contributed by atoms with Gasteiger partial charge in [-0.25, -0.2) is 26.4 Å². The minimum atomic E-state index is -3.85. The number of hydrogen-bond donors (Lipinski definition) is 1. The smallest absolute Gasteiger partial charge is 0.225 e. The number of nitrogens with two attached hydrogens (primary N) is 1. The molecule has 0 saturated heterocycles. The van der Waals surface area contributed by atoms with Crippen molar-refractivity contribution in [3.05, 3.63) is 65.0 Å². The number of rotatable bonds is 5. The SMILES string of the molecule is NS(=O)(=O)c1ccc2c(c1)CN(S(=O)(=O)CCc1ccccc1F)CC2. The van der Waals surface area contributed by atoms with Gasteiger partial charge in [-0.15, -0.1) is 0 Å². The average molecular weight is 398 g/mol. The summed E-state index contributed by atoms with van der Waals surface area (Å²) in [7, 11) is -7.45. The van der Waals surface area contributed by atoms with Gasteiger partial charge in [0.2, 0.25) is 20.0 Å². The molecule has 0 amide bonds. The second kappa shape index (κ2) is 7.07. The second-order valence-corrected chi connectivity index (χ2v) is 9.87. The molecule has 1 aliphatic heterocycles. The van der Waals surface area contributed by atoms with Gasteiger partial charge in [0.15, 0.2) is 0 Å². The van der Waals surface area contributed by atoms with Crippen molar-refractivity contribution in [1.29, 1.82) is 0 Å². The number of hydrogen-bond acceptors (Lipinski definition) is 4. The second-order valence-electron chi connectivity index (χ2n) is 6.22. The molecule has 26 heavy (non-hydrogen) atoms. The highest BCUT2D eigenvalue weighted by molar-refractivity contribution is 7.89. The lowest BCUT2D eigenvalue weighted by Crippen LogP contribution is -2.38. The molecule has 1 heterocycles. The van der Waals surface area contributed by atoms with E-state index in [1.54, 1.807) is 24.3 Å². The fourth-order valence-corrected chi connectivity index (χ4v) is 5.00. The van der Waals surface area contributed by atoms with Crippen LogP contribution in [0.5, 0.6) is 0 Å². The van der Waals surface area contributed by atoms with Crippen molar-refractivity contribution in [2.75, 3.05) is 12.3 Å². The zero-order chi connectivity index (χ0) is 18.9. The summed E-state index contributed by atoms with van der Waals surface area (Å²) < 4.78 is 63.2. The molecule has 0 aliphatic carbocycles. The van der Waals surface area contributed by atoms with Crippen LogP contribution in [0.3, 0.4) is 0 Å². The van der Waals surface area contributed by atoms with Crippen LogP contribution in [0, 0.1) is 5.82 Å². The first-order chi connectivity index (χ1) is 12.2. The Bertz CT molecular complexity index is 1040. The Morgan fingerprint density at radius 2 is 1.77 bits per heavy atom. The van der Waals surface area contributed by atoms with E-state index in [0.717, 1.165) is 5.56 Å². The molecule has 0 atom stereocenters. The summed E-state index contributed by atoms with van der Waals surface area (Å²) in [6, 6.07) is 10.6. The highest BCUT2D eigenvalue weighted by Crippen LogP contribution is 2.24. The van der Waals surface area contributed by atoms with Gasteiger partial charge in [-0.2, -0.15) is 4.31 Å². The van der Waals surface area contributed by atoms with Gasteiger partial charge in [-0.05, 0) is 47.7 Å². The monoisotopic (exact) mass is 398 g/mol. The van der Waals surface area contributed by atoms with E-state index in [2.05, 4.69) is 0 Å². The molecule has 0 aromatic heterocycles. The maximum atomic E-state index is 13.7. The van der Waals surface area contributed by atoms with Crippen LogP contribution in [0.25, 0.3) is 0 Å². The minimum Gasteiger partial charge on any atom is -0.225 e. The van der Waals surface area contributed by atoms with Crippen LogP contribution in [0.1, 0.15) is 16.7 Å². The van der Waals surface area contributed by atoms with Gasteiger partial charge in [0.05, 0.1) is 10.6 Å². The molecule has 140 valence electrons. The summed E-state index contributed by atoms with van der Waals surface area (Å²) >= 11 is 0. The average Bonchev–Trinajstić information content (AvgIpc) is 2.59. The third kappa shape index (κ3) is 4.12. The number of sulfonamides is 2. The zero-order valence-corrected chi connectivity index (χ0v) is 15.6. The Morgan fingerprint density at radius 1 is 1.04 bits per heavy atom. The Kier molecular flexibility index (Phi) is 5.16. The summed E-state index contributed by atoms with van der Waals surface area (Å²) in [5.74, 6) is -0.637. The molecular weight excluding hydrogens is 379 g/mol. The summed E-state index contributed by atoms with van der Waals surface area (Å²) in [6.45, 7) is 0.389. The summed E-state index contributed by atoms with van der Waals surface area (Å²) in [5.41, 5.74) is 1.88. The van der Waals surface area contributed by atoms with Crippen LogP contribution in [-0.4, -0.2) is 33.4 Å². The summed E-state index contributed by atoms with van der Waals surface area (Å²) in [6.07, 6.45) is 0.564. The van der Waals surface area contributed by atoms with Crippen LogP contribution < -0.4 is 5.14 Å². The first-order valence-electron chi connectivity index (χ1n) is 8.03. The predicted molar refractivity (Wildman–Crippen MR) is 95.8 cm³/mol. The van der Waals surface area contributed by atoms with E-state index in [4.69, 9.17) is 5.14 Å². The fourth-order valence-electron chi connectivity index (χ4n) is 2.99. The summed E-state index contributed by atoms with van der Waals surface area (Å²) in [5, 5.41) is 5.14. The molecule has 0 unspecified atom stereocenters. The molecule has 0 fully saturated rings. The normalized spacial score (nSPS) is 15.6. The largest absolute Gasteiger partial charge is 0.238 e. The molecular formula is C17H19FN2O4S2. The number of nitrogens with zero attached hydrogens (tertiary/aromatic N) is 1. The topological polar surface area (TPSA) is 97.5 Å². The number of aryl methyl sites for hydroxylation is 1. The van der Waals surface area contributed by atoms with Gasteiger partial charge < -0.3 is 0 Å². The molecule has 1 aliphatic rings. The van der Waals surface area contributed by atoms with Crippen LogP contribution in [0.2, 0.25) is 0 Å². The maximum absolute atomic E-state index is 13.7. The lowest BCUT2D eigenvalue weighted by molar-refractivity contribution is 0.390. The Labute approximate surface area is 152 Å². The molecule has 2 aromatic rings. The van der Waals surface area contributed by atoms with E-state index < -0.39 is 25.9 Å². The fraction of sp³-hybridized carbons (Fsp3) is 0.294. The molecule has 2 aromatic carbocycles. The Morgan fingerprint density at radius 3 is 2.46 bits per heavy atom. The van der Waals surface area contributed by atoms with E-state index in [0.29, 0.717) is 24.1 Å². The highest BCUT2D eigenvalue weighted by Gasteiger charge is 2.27. The molecule has 6 nitrogen and oxygen atoms in total. The Balaban J connectivity index is 1.77. The highest BCUT2D eigenvalue weighted by atomic mass is 32.2. The molecule has 9 heteroatoms. The first-order valence-corrected chi connectivity index (χ1v) is 11.2. The van der Waals surface area contributed by atoms with Crippen LogP contribution in [-0.2, 0) is 39.4 Å². The van der Waals surface area contributed by atoms with Crippen molar-refractivity contribution in [3.63, 3.8) is 0 Å². The van der Waals surface area contributed by atoms with Gasteiger partial charge in [-0.1, -0.05) is 24.3 Å². The van der Waals surface area contributed by atoms with Crippen molar-refractivity contribution >= 4 is 20.0 Å². The van der Waals surface area contributed by atoms with Crippen molar-refractivity contribution in [1.82, 2.24) is 4.31 Å². The van der Waals surface area contributed by atoms with E-state index >= 15 is 0 Å².